The van der Waals surface area contributed by atoms with Gasteiger partial charge in [0.15, 0.2) is 0 Å². The number of hydrogen-bond acceptors (Lipinski definition) is 5. The van der Waals surface area contributed by atoms with Crippen LogP contribution in [-0.2, 0) is 11.3 Å². The lowest BCUT2D eigenvalue weighted by Gasteiger charge is -2.21. The number of rotatable bonds is 6. The first-order chi connectivity index (χ1) is 10.0. The zero-order valence-electron chi connectivity index (χ0n) is 12.3. The monoisotopic (exact) mass is 306 g/mol. The predicted octanol–water partition coefficient (Wildman–Crippen LogP) is 4.00. The van der Waals surface area contributed by atoms with Crippen molar-refractivity contribution in [3.8, 4) is 0 Å². The highest BCUT2D eigenvalue weighted by molar-refractivity contribution is 7.19. The summed E-state index contributed by atoms with van der Waals surface area (Å²) in [5.74, 6) is 0. The smallest absolute Gasteiger partial charge is 0.326 e. The van der Waals surface area contributed by atoms with Crippen LogP contribution < -0.4 is 4.90 Å². The molecule has 0 aliphatic heterocycles. The van der Waals surface area contributed by atoms with Crippen LogP contribution in [0.15, 0.2) is 36.4 Å². The molecule has 0 fully saturated rings. The van der Waals surface area contributed by atoms with Gasteiger partial charge in [0.05, 0.1) is 11.0 Å². The molecule has 0 amide bonds. The molecule has 1 aromatic heterocycles. The van der Waals surface area contributed by atoms with E-state index in [9.17, 15) is 10.1 Å². The van der Waals surface area contributed by atoms with Crippen LogP contribution in [0.3, 0.4) is 0 Å². The summed E-state index contributed by atoms with van der Waals surface area (Å²) in [4.78, 5) is 12.7. The van der Waals surface area contributed by atoms with Crippen LogP contribution >= 0.6 is 11.3 Å². The van der Waals surface area contributed by atoms with Gasteiger partial charge in [0.1, 0.15) is 5.00 Å². The van der Waals surface area contributed by atoms with E-state index in [1.165, 1.54) is 11.3 Å². The number of nitro groups is 1. The van der Waals surface area contributed by atoms with Gasteiger partial charge in [-0.05, 0) is 23.8 Å². The Labute approximate surface area is 127 Å². The van der Waals surface area contributed by atoms with E-state index in [4.69, 9.17) is 4.74 Å². The fraction of sp³-hybridized carbons (Fsp3) is 0.333. The van der Waals surface area contributed by atoms with Crippen molar-refractivity contribution in [3.05, 3.63) is 57.6 Å². The molecule has 2 aromatic rings. The average molecular weight is 306 g/mol. The van der Waals surface area contributed by atoms with Crippen molar-refractivity contribution in [1.29, 1.82) is 0 Å². The van der Waals surface area contributed by atoms with Crippen molar-refractivity contribution >= 4 is 21.3 Å². The number of hydrogen-bond donors (Lipinski definition) is 0. The van der Waals surface area contributed by atoms with E-state index >= 15 is 0 Å². The minimum Gasteiger partial charge on any atom is -0.377 e. The number of anilines is 1. The Morgan fingerprint density at radius 1 is 1.38 bits per heavy atom. The lowest BCUT2D eigenvalue weighted by molar-refractivity contribution is -0.380. The van der Waals surface area contributed by atoms with Crippen LogP contribution in [0.4, 0.5) is 10.0 Å². The molecule has 0 aliphatic rings. The van der Waals surface area contributed by atoms with E-state index in [-0.39, 0.29) is 16.0 Å². The van der Waals surface area contributed by atoms with Crippen LogP contribution in [0.2, 0.25) is 0 Å². The molecule has 1 unspecified atom stereocenters. The molecular weight excluding hydrogens is 288 g/mol. The molecule has 0 bridgehead atoms. The third-order valence-electron chi connectivity index (χ3n) is 3.31. The first-order valence-corrected chi connectivity index (χ1v) is 7.40. The number of methoxy groups -OCH3 is 1. The SMILES string of the molecule is COC(C)c1cc([N+](=O)[O-])sc1N(C)Cc1ccccc1. The Morgan fingerprint density at radius 3 is 2.62 bits per heavy atom. The summed E-state index contributed by atoms with van der Waals surface area (Å²) < 4.78 is 5.33. The van der Waals surface area contributed by atoms with E-state index < -0.39 is 0 Å². The molecule has 1 aromatic carbocycles. The summed E-state index contributed by atoms with van der Waals surface area (Å²) in [6.45, 7) is 2.59. The summed E-state index contributed by atoms with van der Waals surface area (Å²) in [6.07, 6.45) is -0.178. The molecular formula is C15H18N2O3S. The van der Waals surface area contributed by atoms with Gasteiger partial charge in [-0.15, -0.1) is 0 Å². The first kappa shape index (κ1) is 15.5. The van der Waals surface area contributed by atoms with Crippen LogP contribution in [0.5, 0.6) is 0 Å². The number of ether oxygens (including phenoxy) is 1. The Hall–Kier alpha value is -1.92. The van der Waals surface area contributed by atoms with Crippen LogP contribution in [0, 0.1) is 10.1 Å². The van der Waals surface area contributed by atoms with E-state index in [1.807, 2.05) is 49.2 Å². The molecule has 1 heterocycles. The van der Waals surface area contributed by atoms with Crippen molar-refractivity contribution in [1.82, 2.24) is 0 Å². The largest absolute Gasteiger partial charge is 0.377 e. The van der Waals surface area contributed by atoms with Gasteiger partial charge in [-0.3, -0.25) is 10.1 Å². The molecule has 0 radical (unpaired) electrons. The Balaban J connectivity index is 2.30. The summed E-state index contributed by atoms with van der Waals surface area (Å²) in [7, 11) is 3.55. The summed E-state index contributed by atoms with van der Waals surface area (Å²) >= 11 is 1.19. The zero-order chi connectivity index (χ0) is 15.4. The van der Waals surface area contributed by atoms with E-state index in [2.05, 4.69) is 0 Å². The van der Waals surface area contributed by atoms with Crippen molar-refractivity contribution < 1.29 is 9.66 Å². The molecule has 5 nitrogen and oxygen atoms in total. The predicted molar refractivity (Wildman–Crippen MR) is 84.9 cm³/mol. The molecule has 0 saturated heterocycles. The first-order valence-electron chi connectivity index (χ1n) is 6.59. The number of benzene rings is 1. The topological polar surface area (TPSA) is 55.6 Å². The quantitative estimate of drug-likeness (QED) is 0.598. The standard InChI is InChI=1S/C15H18N2O3S/c1-11(20-3)13-9-14(17(18)19)21-15(13)16(2)10-12-7-5-4-6-8-12/h4-9,11H,10H2,1-3H3. The van der Waals surface area contributed by atoms with Crippen molar-refractivity contribution in [2.24, 2.45) is 0 Å². The minimum absolute atomic E-state index is 0.142. The molecule has 21 heavy (non-hydrogen) atoms. The van der Waals surface area contributed by atoms with Gasteiger partial charge >= 0.3 is 5.00 Å². The molecule has 0 spiro atoms. The average Bonchev–Trinajstić information content (AvgIpc) is 2.93. The van der Waals surface area contributed by atoms with Crippen molar-refractivity contribution in [2.45, 2.75) is 19.6 Å². The van der Waals surface area contributed by atoms with Gasteiger partial charge in [0.2, 0.25) is 0 Å². The summed E-state index contributed by atoms with van der Waals surface area (Å²) in [5, 5.41) is 12.0. The summed E-state index contributed by atoms with van der Waals surface area (Å²) in [6, 6.07) is 11.6. The molecule has 6 heteroatoms. The molecule has 0 saturated carbocycles. The van der Waals surface area contributed by atoms with Gasteiger partial charge < -0.3 is 9.64 Å². The third kappa shape index (κ3) is 3.59. The number of nitrogens with zero attached hydrogens (tertiary/aromatic N) is 2. The second-order valence-corrected chi connectivity index (χ2v) is 5.83. The Bertz CT molecular complexity index is 613. The van der Waals surface area contributed by atoms with E-state index in [0.29, 0.717) is 6.54 Å². The second kappa shape index (κ2) is 6.69. The van der Waals surface area contributed by atoms with Gasteiger partial charge in [0, 0.05) is 32.3 Å². The normalized spacial score (nSPS) is 12.1. The van der Waals surface area contributed by atoms with Crippen molar-refractivity contribution in [2.75, 3.05) is 19.1 Å². The molecule has 2 rings (SSSR count). The van der Waals surface area contributed by atoms with Gasteiger partial charge in [0.25, 0.3) is 0 Å². The van der Waals surface area contributed by atoms with Crippen LogP contribution in [0.1, 0.15) is 24.2 Å². The highest BCUT2D eigenvalue weighted by atomic mass is 32.1. The van der Waals surface area contributed by atoms with E-state index in [0.717, 1.165) is 16.1 Å². The van der Waals surface area contributed by atoms with Gasteiger partial charge in [-0.25, -0.2) is 0 Å². The lowest BCUT2D eigenvalue weighted by atomic mass is 10.2. The fourth-order valence-corrected chi connectivity index (χ4v) is 3.14. The lowest BCUT2D eigenvalue weighted by Crippen LogP contribution is -2.17. The molecule has 1 atom stereocenters. The van der Waals surface area contributed by atoms with Crippen LogP contribution in [0.25, 0.3) is 0 Å². The van der Waals surface area contributed by atoms with Crippen molar-refractivity contribution in [3.63, 3.8) is 0 Å². The maximum absolute atomic E-state index is 11.0. The van der Waals surface area contributed by atoms with Gasteiger partial charge in [-0.2, -0.15) is 0 Å². The third-order valence-corrected chi connectivity index (χ3v) is 4.52. The second-order valence-electron chi connectivity index (χ2n) is 4.82. The fourth-order valence-electron chi connectivity index (χ4n) is 2.12. The molecule has 0 aliphatic carbocycles. The maximum Gasteiger partial charge on any atom is 0.326 e. The molecule has 112 valence electrons. The molecule has 0 N–H and O–H groups in total. The van der Waals surface area contributed by atoms with Gasteiger partial charge in [-0.1, -0.05) is 30.3 Å². The Kier molecular flexibility index (Phi) is 4.93. The minimum atomic E-state index is -0.351. The van der Waals surface area contributed by atoms with Crippen LogP contribution in [-0.4, -0.2) is 19.1 Å². The highest BCUT2D eigenvalue weighted by Crippen LogP contribution is 2.40. The summed E-state index contributed by atoms with van der Waals surface area (Å²) in [5.41, 5.74) is 2.01. The zero-order valence-corrected chi connectivity index (χ0v) is 13.1. The maximum atomic E-state index is 11.0. The van der Waals surface area contributed by atoms with E-state index in [1.54, 1.807) is 13.2 Å². The Morgan fingerprint density at radius 2 is 2.05 bits per heavy atom. The highest BCUT2D eigenvalue weighted by Gasteiger charge is 2.23. The number of thiophene rings is 1.